The number of hydrogen-bond donors (Lipinski definition) is 3. The van der Waals surface area contributed by atoms with Gasteiger partial charge >= 0.3 is 0 Å². The molecule has 0 spiro atoms. The van der Waals surface area contributed by atoms with Crippen LogP contribution in [0.3, 0.4) is 0 Å². The van der Waals surface area contributed by atoms with Crippen LogP contribution in [0, 0.1) is 0 Å². The maximum atomic E-state index is 12.8. The molecular weight excluding hydrogens is 465 g/mol. The lowest BCUT2D eigenvalue weighted by atomic mass is 10.1. The van der Waals surface area contributed by atoms with Gasteiger partial charge < -0.3 is 20.6 Å². The monoisotopic (exact) mass is 487 g/mol. The number of anilines is 1. The summed E-state index contributed by atoms with van der Waals surface area (Å²) in [5.41, 5.74) is 0.862. The van der Waals surface area contributed by atoms with Crippen molar-refractivity contribution in [1.82, 2.24) is 20.2 Å². The number of halogens is 2. The molecule has 3 N–H and O–H groups in total. The van der Waals surface area contributed by atoms with Gasteiger partial charge in [-0.3, -0.25) is 14.6 Å². The molecule has 3 heterocycles. The van der Waals surface area contributed by atoms with E-state index in [2.05, 4.69) is 20.6 Å². The highest BCUT2D eigenvalue weighted by Crippen LogP contribution is 2.30. The third-order valence-electron chi connectivity index (χ3n) is 5.39. The molecule has 1 fully saturated rings. The molecule has 0 saturated carbocycles. The minimum atomic E-state index is -0.554. The topological polar surface area (TPSA) is 107 Å². The molecular formula is C23H23Cl2N5O3. The lowest BCUT2D eigenvalue weighted by Crippen LogP contribution is -2.27. The normalized spacial score (nSPS) is 13.5. The number of fused-ring (bicyclic) bond motifs is 1. The second kappa shape index (κ2) is 10.2. The van der Waals surface area contributed by atoms with Gasteiger partial charge in [-0.25, -0.2) is 4.98 Å². The van der Waals surface area contributed by atoms with Crippen molar-refractivity contribution in [3.8, 4) is 5.75 Å². The molecule has 0 unspecified atom stereocenters. The highest BCUT2D eigenvalue weighted by molar-refractivity contribution is 6.34. The third kappa shape index (κ3) is 5.46. The Kier molecular flexibility index (Phi) is 7.15. The van der Waals surface area contributed by atoms with Crippen molar-refractivity contribution in [2.75, 3.05) is 25.0 Å². The van der Waals surface area contributed by atoms with Crippen molar-refractivity contribution < 1.29 is 14.7 Å². The smallest absolute Gasteiger partial charge is 0.274 e. The van der Waals surface area contributed by atoms with E-state index in [9.17, 15) is 14.7 Å². The highest BCUT2D eigenvalue weighted by atomic mass is 35.5. The van der Waals surface area contributed by atoms with Crippen LogP contribution in [0.1, 0.15) is 35.3 Å². The molecule has 2 aromatic heterocycles. The van der Waals surface area contributed by atoms with Crippen molar-refractivity contribution >= 4 is 51.7 Å². The first kappa shape index (κ1) is 23.1. The number of amides is 2. The van der Waals surface area contributed by atoms with Crippen LogP contribution in [0.25, 0.3) is 10.9 Å². The van der Waals surface area contributed by atoms with Gasteiger partial charge in [0.15, 0.2) is 11.4 Å². The Morgan fingerprint density at radius 1 is 1.21 bits per heavy atom. The van der Waals surface area contributed by atoms with Crippen molar-refractivity contribution in [3.63, 3.8) is 0 Å². The van der Waals surface area contributed by atoms with E-state index in [1.807, 2.05) is 4.90 Å². The molecule has 1 saturated heterocycles. The number of nitrogens with zero attached hydrogens (tertiary/aromatic N) is 3. The summed E-state index contributed by atoms with van der Waals surface area (Å²) in [5, 5.41) is 18.2. The van der Waals surface area contributed by atoms with Gasteiger partial charge in [0.25, 0.3) is 5.91 Å². The Hall–Kier alpha value is -3.10. The van der Waals surface area contributed by atoms with E-state index < -0.39 is 5.91 Å². The third-order valence-corrected chi connectivity index (χ3v) is 5.83. The second-order valence-corrected chi connectivity index (χ2v) is 8.66. The van der Waals surface area contributed by atoms with Crippen LogP contribution in [-0.2, 0) is 11.3 Å². The number of benzene rings is 1. The zero-order valence-corrected chi connectivity index (χ0v) is 19.3. The first-order valence-electron chi connectivity index (χ1n) is 10.6. The summed E-state index contributed by atoms with van der Waals surface area (Å²) in [7, 11) is 0. The number of carbonyl (C=O) groups excluding carboxylic acids is 2. The molecule has 1 aromatic carbocycles. The lowest BCUT2D eigenvalue weighted by molar-refractivity contribution is -0.127. The van der Waals surface area contributed by atoms with E-state index in [-0.39, 0.29) is 29.4 Å². The maximum Gasteiger partial charge on any atom is 0.274 e. The first-order valence-corrected chi connectivity index (χ1v) is 11.4. The Balaban J connectivity index is 1.49. The fourth-order valence-electron chi connectivity index (χ4n) is 3.81. The number of carbonyl (C=O) groups is 2. The summed E-state index contributed by atoms with van der Waals surface area (Å²) in [4.78, 5) is 35.1. The highest BCUT2D eigenvalue weighted by Gasteiger charge is 2.21. The fourth-order valence-corrected chi connectivity index (χ4v) is 4.38. The molecule has 4 rings (SSSR count). The summed E-state index contributed by atoms with van der Waals surface area (Å²) in [6.07, 6.45) is 3.79. The van der Waals surface area contributed by atoms with Crippen molar-refractivity contribution in [3.05, 3.63) is 57.8 Å². The van der Waals surface area contributed by atoms with Gasteiger partial charge in [0, 0.05) is 54.2 Å². The SMILES string of the molecule is O=C(NCc1cc(Cl)cc(Cl)c1)c1nc(NCCCN2CCCC2=O)c2cccnc2c1O. The number of pyridine rings is 2. The molecule has 10 heteroatoms. The molecule has 8 nitrogen and oxygen atoms in total. The maximum absolute atomic E-state index is 12.8. The number of likely N-dealkylation sites (tertiary alicyclic amines) is 1. The Labute approximate surface area is 200 Å². The molecule has 172 valence electrons. The van der Waals surface area contributed by atoms with Gasteiger partial charge in [0.2, 0.25) is 5.91 Å². The summed E-state index contributed by atoms with van der Waals surface area (Å²) >= 11 is 12.0. The predicted molar refractivity (Wildman–Crippen MR) is 128 cm³/mol. The molecule has 0 radical (unpaired) electrons. The Bertz CT molecular complexity index is 1180. The molecule has 1 aliphatic rings. The summed E-state index contributed by atoms with van der Waals surface area (Å²) in [6.45, 7) is 2.17. The van der Waals surface area contributed by atoms with E-state index in [0.29, 0.717) is 46.3 Å². The van der Waals surface area contributed by atoms with Gasteiger partial charge in [0.05, 0.1) is 0 Å². The molecule has 2 amide bonds. The number of nitrogens with one attached hydrogen (secondary N) is 2. The average Bonchev–Trinajstić information content (AvgIpc) is 3.20. The zero-order valence-electron chi connectivity index (χ0n) is 17.8. The number of hydrogen-bond acceptors (Lipinski definition) is 6. The van der Waals surface area contributed by atoms with Crippen LogP contribution < -0.4 is 10.6 Å². The van der Waals surface area contributed by atoms with Gasteiger partial charge in [-0.15, -0.1) is 0 Å². The Morgan fingerprint density at radius 2 is 2.00 bits per heavy atom. The zero-order chi connectivity index (χ0) is 23.4. The summed E-state index contributed by atoms with van der Waals surface area (Å²) in [5.74, 6) is -0.214. The molecule has 0 aliphatic carbocycles. The summed E-state index contributed by atoms with van der Waals surface area (Å²) in [6, 6.07) is 8.51. The van der Waals surface area contributed by atoms with Crippen molar-refractivity contribution in [2.24, 2.45) is 0 Å². The molecule has 3 aromatic rings. The molecule has 33 heavy (non-hydrogen) atoms. The minimum absolute atomic E-state index is 0.133. The van der Waals surface area contributed by atoms with Gasteiger partial charge in [-0.2, -0.15) is 0 Å². The molecule has 0 bridgehead atoms. The van der Waals surface area contributed by atoms with Crippen LogP contribution >= 0.6 is 23.2 Å². The molecule has 1 aliphatic heterocycles. The van der Waals surface area contributed by atoms with Crippen molar-refractivity contribution in [1.29, 1.82) is 0 Å². The van der Waals surface area contributed by atoms with Gasteiger partial charge in [-0.1, -0.05) is 23.2 Å². The van der Waals surface area contributed by atoms with Crippen LogP contribution in [0.15, 0.2) is 36.5 Å². The number of aromatic hydroxyl groups is 1. The second-order valence-electron chi connectivity index (χ2n) is 7.78. The Morgan fingerprint density at radius 3 is 2.73 bits per heavy atom. The molecule has 0 atom stereocenters. The standard InChI is InChI=1S/C23H23Cl2N5O3/c24-15-10-14(11-16(25)12-15)13-28-23(33)20-21(32)19-17(4-1-6-26-19)22(29-20)27-7-3-9-30-8-2-5-18(30)31/h1,4,6,10-12,32H,2-3,5,7-9,13H2,(H,27,29)(H,28,33). The van der Waals surface area contributed by atoms with Gasteiger partial charge in [-0.05, 0) is 48.7 Å². The van der Waals surface area contributed by atoms with E-state index in [1.165, 1.54) is 0 Å². The van der Waals surface area contributed by atoms with Gasteiger partial charge in [0.1, 0.15) is 11.3 Å². The summed E-state index contributed by atoms with van der Waals surface area (Å²) < 4.78 is 0. The quantitative estimate of drug-likeness (QED) is 0.414. The number of aromatic nitrogens is 2. The van der Waals surface area contributed by atoms with Crippen LogP contribution in [0.2, 0.25) is 10.0 Å². The van der Waals surface area contributed by atoms with E-state index >= 15 is 0 Å². The first-order chi connectivity index (χ1) is 15.9. The van der Waals surface area contributed by atoms with E-state index in [0.717, 1.165) is 19.4 Å². The fraction of sp³-hybridized carbons (Fsp3) is 0.304. The lowest BCUT2D eigenvalue weighted by Gasteiger charge is -2.16. The van der Waals surface area contributed by atoms with Crippen LogP contribution in [0.5, 0.6) is 5.75 Å². The van der Waals surface area contributed by atoms with Crippen LogP contribution in [-0.4, -0.2) is 51.4 Å². The average molecular weight is 488 g/mol. The number of rotatable bonds is 8. The minimum Gasteiger partial charge on any atom is -0.504 e. The van der Waals surface area contributed by atoms with Crippen LogP contribution in [0.4, 0.5) is 5.82 Å². The van der Waals surface area contributed by atoms with Crippen molar-refractivity contribution in [2.45, 2.75) is 25.8 Å². The van der Waals surface area contributed by atoms with E-state index in [1.54, 1.807) is 36.5 Å². The largest absolute Gasteiger partial charge is 0.504 e. The predicted octanol–water partition coefficient (Wildman–Crippen LogP) is 4.00. The van der Waals surface area contributed by atoms with E-state index in [4.69, 9.17) is 23.2 Å².